The summed E-state index contributed by atoms with van der Waals surface area (Å²) in [6, 6.07) is 14.3. The van der Waals surface area contributed by atoms with Crippen LogP contribution in [0.4, 0.5) is 5.69 Å². The third-order valence-corrected chi connectivity index (χ3v) is 6.94. The molecule has 2 aliphatic heterocycles. The molecule has 2 fully saturated rings. The van der Waals surface area contributed by atoms with E-state index in [4.69, 9.17) is 19.2 Å². The van der Waals surface area contributed by atoms with Gasteiger partial charge in [0.1, 0.15) is 5.75 Å². The van der Waals surface area contributed by atoms with Gasteiger partial charge in [0, 0.05) is 25.2 Å². The quantitative estimate of drug-likeness (QED) is 0.369. The number of thioether (sulfide) groups is 1. The molecule has 2 aromatic rings. The molecule has 0 radical (unpaired) electrons. The molecule has 2 aromatic carbocycles. The van der Waals surface area contributed by atoms with Crippen molar-refractivity contribution in [2.75, 3.05) is 39.5 Å². The lowest BCUT2D eigenvalue weighted by Crippen LogP contribution is -2.40. The van der Waals surface area contributed by atoms with Gasteiger partial charge in [-0.1, -0.05) is 18.2 Å². The number of carbonyl (C=O) groups excluding carboxylic acids is 3. The average Bonchev–Trinajstić information content (AvgIpc) is 3.23. The van der Waals surface area contributed by atoms with Crippen molar-refractivity contribution >= 4 is 46.5 Å². The highest BCUT2D eigenvalue weighted by molar-refractivity contribution is 8.18. The molecule has 2 aliphatic rings. The largest absolute Gasteiger partial charge is 0.479 e. The number of amidine groups is 1. The second-order valence-electron chi connectivity index (χ2n) is 8.59. The van der Waals surface area contributed by atoms with E-state index < -0.39 is 12.1 Å². The molecule has 9 nitrogen and oxygen atoms in total. The summed E-state index contributed by atoms with van der Waals surface area (Å²) in [6.45, 7) is 8.24. The predicted octanol–water partition coefficient (Wildman–Crippen LogP) is 4.11. The Morgan fingerprint density at radius 3 is 2.55 bits per heavy atom. The third kappa shape index (κ3) is 6.62. The van der Waals surface area contributed by atoms with Crippen LogP contribution in [0.1, 0.15) is 36.7 Å². The highest BCUT2D eigenvalue weighted by atomic mass is 32.2. The van der Waals surface area contributed by atoms with Crippen molar-refractivity contribution in [2.45, 2.75) is 26.9 Å². The maximum atomic E-state index is 13.1. The van der Waals surface area contributed by atoms with Crippen molar-refractivity contribution in [3.63, 3.8) is 0 Å². The molecule has 2 heterocycles. The van der Waals surface area contributed by atoms with Crippen LogP contribution in [0, 0.1) is 0 Å². The first-order valence-electron chi connectivity index (χ1n) is 12.6. The van der Waals surface area contributed by atoms with E-state index in [0.29, 0.717) is 66.5 Å². The number of amides is 2. The SMILES string of the molecule is CCOC(=O)[C@@H](C)Oc1ccc(/C=C2/SC(=Nc3cccc(C(=O)N4CCOCC4)c3)N(CC)C2=O)cc1. The van der Waals surface area contributed by atoms with E-state index in [9.17, 15) is 14.4 Å². The topological polar surface area (TPSA) is 97.7 Å². The van der Waals surface area contributed by atoms with E-state index in [1.807, 2.05) is 25.1 Å². The number of esters is 1. The van der Waals surface area contributed by atoms with Crippen LogP contribution in [0.2, 0.25) is 0 Å². The Morgan fingerprint density at radius 2 is 1.87 bits per heavy atom. The Bertz CT molecular complexity index is 1240. The molecule has 10 heteroatoms. The van der Waals surface area contributed by atoms with E-state index >= 15 is 0 Å². The van der Waals surface area contributed by atoms with Gasteiger partial charge in [0.25, 0.3) is 11.8 Å². The monoisotopic (exact) mass is 537 g/mol. The second-order valence-corrected chi connectivity index (χ2v) is 9.60. The van der Waals surface area contributed by atoms with Crippen LogP contribution in [0.25, 0.3) is 6.08 Å². The van der Waals surface area contributed by atoms with Gasteiger partial charge in [-0.3, -0.25) is 14.5 Å². The first kappa shape index (κ1) is 27.4. The minimum Gasteiger partial charge on any atom is -0.479 e. The molecule has 0 unspecified atom stereocenters. The number of likely N-dealkylation sites (N-methyl/N-ethyl adjacent to an activating group) is 1. The van der Waals surface area contributed by atoms with Crippen LogP contribution < -0.4 is 4.74 Å². The van der Waals surface area contributed by atoms with Gasteiger partial charge in [-0.15, -0.1) is 0 Å². The first-order valence-corrected chi connectivity index (χ1v) is 13.4. The molecule has 200 valence electrons. The zero-order valence-electron chi connectivity index (χ0n) is 21.7. The summed E-state index contributed by atoms with van der Waals surface area (Å²) in [5, 5.41) is 0.558. The number of hydrogen-bond donors (Lipinski definition) is 0. The summed E-state index contributed by atoms with van der Waals surface area (Å²) in [4.78, 5) is 46.4. The lowest BCUT2D eigenvalue weighted by molar-refractivity contribution is -0.150. The molecular formula is C28H31N3O6S. The van der Waals surface area contributed by atoms with Gasteiger partial charge in [-0.05, 0) is 74.5 Å². The fourth-order valence-electron chi connectivity index (χ4n) is 3.94. The zero-order valence-corrected chi connectivity index (χ0v) is 22.5. The summed E-state index contributed by atoms with van der Waals surface area (Å²) >= 11 is 1.29. The molecule has 2 amide bonds. The molecule has 1 atom stereocenters. The smallest absolute Gasteiger partial charge is 0.347 e. The molecule has 0 N–H and O–H groups in total. The van der Waals surface area contributed by atoms with Crippen LogP contribution in [0.3, 0.4) is 0 Å². The Morgan fingerprint density at radius 1 is 1.13 bits per heavy atom. The van der Waals surface area contributed by atoms with Gasteiger partial charge >= 0.3 is 5.97 Å². The average molecular weight is 538 g/mol. The van der Waals surface area contributed by atoms with E-state index in [-0.39, 0.29) is 11.8 Å². The summed E-state index contributed by atoms with van der Waals surface area (Å²) in [5.74, 6) is -0.0771. The second kappa shape index (κ2) is 12.7. The van der Waals surface area contributed by atoms with Gasteiger partial charge in [0.15, 0.2) is 11.3 Å². The summed E-state index contributed by atoms with van der Waals surface area (Å²) in [5.41, 5.74) is 1.98. The fourth-order valence-corrected chi connectivity index (χ4v) is 5.01. The lowest BCUT2D eigenvalue weighted by Gasteiger charge is -2.26. The molecule has 0 spiro atoms. The van der Waals surface area contributed by atoms with E-state index in [0.717, 1.165) is 5.56 Å². The number of benzene rings is 2. The standard InChI is InChI=1S/C28H31N3O6S/c1-4-31-26(33)24(17-20-9-11-23(12-10-20)37-19(3)27(34)36-5-2)38-28(31)29-22-8-6-7-21(18-22)25(32)30-13-15-35-16-14-30/h6-12,17-19H,4-5,13-16H2,1-3H3/b24-17+,29-28?/t19-/m1/s1. The minimum atomic E-state index is -0.717. The van der Waals surface area contributed by atoms with Gasteiger partial charge in [-0.2, -0.15) is 0 Å². The van der Waals surface area contributed by atoms with Crippen molar-refractivity contribution < 1.29 is 28.6 Å². The highest BCUT2D eigenvalue weighted by Crippen LogP contribution is 2.34. The van der Waals surface area contributed by atoms with Crippen LogP contribution in [0.15, 0.2) is 58.4 Å². The summed E-state index contributed by atoms with van der Waals surface area (Å²) in [7, 11) is 0. The number of rotatable bonds is 8. The van der Waals surface area contributed by atoms with Crippen molar-refractivity contribution in [1.82, 2.24) is 9.80 Å². The fraction of sp³-hybridized carbons (Fsp3) is 0.357. The number of nitrogens with zero attached hydrogens (tertiary/aromatic N) is 3. The van der Waals surface area contributed by atoms with Crippen molar-refractivity contribution in [3.8, 4) is 5.75 Å². The van der Waals surface area contributed by atoms with Crippen LogP contribution >= 0.6 is 11.8 Å². The van der Waals surface area contributed by atoms with Crippen LogP contribution in [0.5, 0.6) is 5.75 Å². The predicted molar refractivity (Wildman–Crippen MR) is 146 cm³/mol. The van der Waals surface area contributed by atoms with Crippen molar-refractivity contribution in [3.05, 3.63) is 64.6 Å². The first-order chi connectivity index (χ1) is 18.4. The van der Waals surface area contributed by atoms with E-state index in [1.165, 1.54) is 11.8 Å². The van der Waals surface area contributed by atoms with Gasteiger partial charge in [0.05, 0.1) is 30.4 Å². The molecule has 38 heavy (non-hydrogen) atoms. The van der Waals surface area contributed by atoms with Gasteiger partial charge < -0.3 is 19.1 Å². The Labute approximate surface area is 226 Å². The van der Waals surface area contributed by atoms with E-state index in [2.05, 4.69) is 0 Å². The maximum Gasteiger partial charge on any atom is 0.347 e. The molecular weight excluding hydrogens is 506 g/mol. The van der Waals surface area contributed by atoms with Crippen LogP contribution in [-0.4, -0.2) is 78.3 Å². The minimum absolute atomic E-state index is 0.0532. The number of aliphatic imine (C=N–C) groups is 1. The highest BCUT2D eigenvalue weighted by Gasteiger charge is 2.32. The Hall–Kier alpha value is -3.63. The van der Waals surface area contributed by atoms with Gasteiger partial charge in [0.2, 0.25) is 0 Å². The number of carbonyl (C=O) groups is 3. The lowest BCUT2D eigenvalue weighted by atomic mass is 10.1. The van der Waals surface area contributed by atoms with Crippen molar-refractivity contribution in [1.29, 1.82) is 0 Å². The Kier molecular flexibility index (Phi) is 9.19. The molecule has 0 bridgehead atoms. The molecule has 0 saturated carbocycles. The molecule has 0 aromatic heterocycles. The molecule has 0 aliphatic carbocycles. The number of ether oxygens (including phenoxy) is 3. The molecule has 2 saturated heterocycles. The zero-order chi connectivity index (χ0) is 27.1. The number of morpholine rings is 1. The summed E-state index contributed by atoms with van der Waals surface area (Å²) in [6.07, 6.45) is 1.08. The maximum absolute atomic E-state index is 13.1. The van der Waals surface area contributed by atoms with Crippen LogP contribution in [-0.2, 0) is 19.1 Å². The molecule has 4 rings (SSSR count). The van der Waals surface area contributed by atoms with Crippen molar-refractivity contribution in [2.24, 2.45) is 4.99 Å². The normalized spacial score (nSPS) is 18.7. The number of hydrogen-bond acceptors (Lipinski definition) is 8. The van der Waals surface area contributed by atoms with Gasteiger partial charge in [-0.25, -0.2) is 9.79 Å². The summed E-state index contributed by atoms with van der Waals surface area (Å²) < 4.78 is 15.9. The van der Waals surface area contributed by atoms with E-state index in [1.54, 1.807) is 60.1 Å². The Balaban J connectivity index is 1.48. The third-order valence-electron chi connectivity index (χ3n) is 5.93.